The van der Waals surface area contributed by atoms with E-state index in [2.05, 4.69) is 15.5 Å². The third-order valence-corrected chi connectivity index (χ3v) is 3.24. The first-order valence-electron chi connectivity index (χ1n) is 6.27. The van der Waals surface area contributed by atoms with Crippen molar-refractivity contribution in [3.63, 3.8) is 0 Å². The van der Waals surface area contributed by atoms with Crippen LogP contribution in [0.2, 0.25) is 0 Å². The lowest BCUT2D eigenvalue weighted by molar-refractivity contribution is -0.117. The molecule has 2 heterocycles. The molecule has 0 saturated heterocycles. The highest BCUT2D eigenvalue weighted by atomic mass is 16.5. The molecule has 1 atom stereocenters. The van der Waals surface area contributed by atoms with E-state index < -0.39 is 0 Å². The largest absolute Gasteiger partial charge is 0.376 e. The number of benzene rings is 1. The van der Waals surface area contributed by atoms with E-state index in [9.17, 15) is 4.79 Å². The zero-order valence-electron chi connectivity index (χ0n) is 10.4. The molecule has 1 aromatic heterocycles. The number of hydrogen-bond acceptors (Lipinski definition) is 3. The number of aromatic nitrogens is 2. The Balaban J connectivity index is 1.61. The number of H-pyrrole nitrogens is 1. The van der Waals surface area contributed by atoms with Crippen molar-refractivity contribution in [2.45, 2.75) is 18.9 Å². The average molecular weight is 257 g/mol. The number of fused-ring (bicyclic) bond motifs is 1. The Morgan fingerprint density at radius 1 is 1.32 bits per heavy atom. The Morgan fingerprint density at radius 3 is 3.00 bits per heavy atom. The smallest absolute Gasteiger partial charge is 0.226 e. The minimum atomic E-state index is 0.00469. The highest BCUT2D eigenvalue weighted by Crippen LogP contribution is 2.30. The molecular formula is C14H15N3O2. The highest BCUT2D eigenvalue weighted by Gasteiger charge is 2.26. The second-order valence-electron chi connectivity index (χ2n) is 4.65. The zero-order chi connectivity index (χ0) is 13.1. The summed E-state index contributed by atoms with van der Waals surface area (Å²) in [6.07, 6.45) is 2.20. The lowest BCUT2D eigenvalue weighted by Crippen LogP contribution is -2.24. The normalized spacial score (nSPS) is 17.9. The van der Waals surface area contributed by atoms with Gasteiger partial charge in [0.25, 0.3) is 0 Å². The number of carbonyl (C=O) groups is 1. The Kier molecular flexibility index (Phi) is 3.29. The van der Waals surface area contributed by atoms with Gasteiger partial charge in [0, 0.05) is 17.9 Å². The van der Waals surface area contributed by atoms with Crippen LogP contribution in [0, 0.1) is 0 Å². The van der Waals surface area contributed by atoms with Crippen molar-refractivity contribution in [2.75, 3.05) is 11.9 Å². The summed E-state index contributed by atoms with van der Waals surface area (Å²) in [5.41, 5.74) is 2.16. The number of carbonyl (C=O) groups excluding carboxylic acids is 1. The van der Waals surface area contributed by atoms with Crippen molar-refractivity contribution in [1.82, 2.24) is 10.2 Å². The maximum atomic E-state index is 11.6. The van der Waals surface area contributed by atoms with E-state index in [1.54, 1.807) is 6.20 Å². The monoisotopic (exact) mass is 257 g/mol. The van der Waals surface area contributed by atoms with Gasteiger partial charge in [-0.1, -0.05) is 30.3 Å². The van der Waals surface area contributed by atoms with Gasteiger partial charge in [0.05, 0.1) is 19.4 Å². The first kappa shape index (κ1) is 11.9. The SMILES string of the molecule is O=C1C[C@H](COCc2ccccc2)c2cn[nH]c2N1. The van der Waals surface area contributed by atoms with E-state index in [1.807, 2.05) is 30.3 Å². The molecule has 0 saturated carbocycles. The number of aromatic amines is 1. The van der Waals surface area contributed by atoms with Crippen LogP contribution >= 0.6 is 0 Å². The second kappa shape index (κ2) is 5.24. The molecule has 1 amide bonds. The van der Waals surface area contributed by atoms with E-state index in [4.69, 9.17) is 4.74 Å². The maximum Gasteiger partial charge on any atom is 0.226 e. The Bertz CT molecular complexity index is 565. The molecule has 3 rings (SSSR count). The fourth-order valence-electron chi connectivity index (χ4n) is 2.27. The topological polar surface area (TPSA) is 67.0 Å². The first-order chi connectivity index (χ1) is 9.33. The average Bonchev–Trinajstić information content (AvgIpc) is 2.88. The molecule has 19 heavy (non-hydrogen) atoms. The summed E-state index contributed by atoms with van der Waals surface area (Å²) in [7, 11) is 0. The van der Waals surface area contributed by atoms with Crippen molar-refractivity contribution < 1.29 is 9.53 Å². The van der Waals surface area contributed by atoms with Gasteiger partial charge in [0.1, 0.15) is 5.82 Å². The Hall–Kier alpha value is -2.14. The van der Waals surface area contributed by atoms with Crippen molar-refractivity contribution in [3.05, 3.63) is 47.7 Å². The lowest BCUT2D eigenvalue weighted by Gasteiger charge is -2.21. The molecule has 5 nitrogen and oxygen atoms in total. The molecular weight excluding hydrogens is 242 g/mol. The molecule has 1 aromatic carbocycles. The highest BCUT2D eigenvalue weighted by molar-refractivity contribution is 5.93. The number of ether oxygens (including phenoxy) is 1. The summed E-state index contributed by atoms with van der Waals surface area (Å²) in [5.74, 6) is 0.779. The Labute approximate surface area is 111 Å². The zero-order valence-corrected chi connectivity index (χ0v) is 10.4. The summed E-state index contributed by atoms with van der Waals surface area (Å²) in [6.45, 7) is 1.08. The predicted molar refractivity (Wildman–Crippen MR) is 70.7 cm³/mol. The summed E-state index contributed by atoms with van der Waals surface area (Å²) < 4.78 is 5.71. The molecule has 98 valence electrons. The van der Waals surface area contributed by atoms with Gasteiger partial charge in [-0.15, -0.1) is 0 Å². The van der Waals surface area contributed by atoms with E-state index in [0.717, 1.165) is 11.1 Å². The fraction of sp³-hybridized carbons (Fsp3) is 0.286. The molecule has 0 radical (unpaired) electrons. The third kappa shape index (κ3) is 2.66. The molecule has 0 bridgehead atoms. The summed E-state index contributed by atoms with van der Waals surface area (Å²) in [6, 6.07) is 10.0. The summed E-state index contributed by atoms with van der Waals surface area (Å²) in [5, 5.41) is 9.51. The van der Waals surface area contributed by atoms with Crippen LogP contribution in [-0.4, -0.2) is 22.7 Å². The lowest BCUT2D eigenvalue weighted by atomic mass is 9.95. The predicted octanol–water partition coefficient (Wildman–Crippen LogP) is 2.05. The van der Waals surface area contributed by atoms with E-state index in [1.165, 1.54) is 0 Å². The molecule has 0 spiro atoms. The number of nitrogens with zero attached hydrogens (tertiary/aromatic N) is 1. The van der Waals surface area contributed by atoms with Gasteiger partial charge in [-0.05, 0) is 5.56 Å². The number of nitrogens with one attached hydrogen (secondary N) is 2. The maximum absolute atomic E-state index is 11.6. The second-order valence-corrected chi connectivity index (χ2v) is 4.65. The van der Waals surface area contributed by atoms with Crippen LogP contribution in [0.5, 0.6) is 0 Å². The van der Waals surface area contributed by atoms with Gasteiger partial charge in [-0.2, -0.15) is 5.10 Å². The molecule has 1 aliphatic rings. The van der Waals surface area contributed by atoms with Crippen molar-refractivity contribution in [1.29, 1.82) is 0 Å². The van der Waals surface area contributed by atoms with E-state index >= 15 is 0 Å². The quantitative estimate of drug-likeness (QED) is 0.881. The molecule has 2 aromatic rings. The van der Waals surface area contributed by atoms with Crippen molar-refractivity contribution in [3.8, 4) is 0 Å². The van der Waals surface area contributed by atoms with E-state index in [-0.39, 0.29) is 11.8 Å². The molecule has 0 unspecified atom stereocenters. The van der Waals surface area contributed by atoms with Crippen LogP contribution in [0.15, 0.2) is 36.5 Å². The number of rotatable bonds is 4. The Morgan fingerprint density at radius 2 is 2.16 bits per heavy atom. The van der Waals surface area contributed by atoms with Crippen molar-refractivity contribution >= 4 is 11.7 Å². The van der Waals surface area contributed by atoms with Gasteiger partial charge in [-0.3, -0.25) is 9.89 Å². The summed E-state index contributed by atoms with van der Waals surface area (Å²) in [4.78, 5) is 11.6. The van der Waals surface area contributed by atoms with E-state index in [0.29, 0.717) is 25.5 Å². The minimum Gasteiger partial charge on any atom is -0.376 e. The fourth-order valence-corrected chi connectivity index (χ4v) is 2.27. The standard InChI is InChI=1S/C14H15N3O2/c18-13-6-11(12-7-15-17-14(12)16-13)9-19-8-10-4-2-1-3-5-10/h1-5,7,11H,6,8-9H2,(H2,15,16,17,18)/t11-/m1/s1. The van der Waals surface area contributed by atoms with Gasteiger partial charge in [0.15, 0.2) is 0 Å². The van der Waals surface area contributed by atoms with Crippen LogP contribution in [0.3, 0.4) is 0 Å². The number of amides is 1. The number of hydrogen-bond donors (Lipinski definition) is 2. The molecule has 5 heteroatoms. The number of anilines is 1. The van der Waals surface area contributed by atoms with Gasteiger partial charge >= 0.3 is 0 Å². The van der Waals surface area contributed by atoms with Crippen molar-refractivity contribution in [2.24, 2.45) is 0 Å². The van der Waals surface area contributed by atoms with Crippen LogP contribution in [0.25, 0.3) is 0 Å². The third-order valence-electron chi connectivity index (χ3n) is 3.24. The van der Waals surface area contributed by atoms with Gasteiger partial charge in [0.2, 0.25) is 5.91 Å². The molecule has 0 fully saturated rings. The van der Waals surface area contributed by atoms with Gasteiger partial charge in [-0.25, -0.2) is 0 Å². The molecule has 1 aliphatic heterocycles. The van der Waals surface area contributed by atoms with Crippen LogP contribution < -0.4 is 5.32 Å². The summed E-state index contributed by atoms with van der Waals surface area (Å²) >= 11 is 0. The van der Waals surface area contributed by atoms with Crippen LogP contribution in [0.1, 0.15) is 23.5 Å². The minimum absolute atomic E-state index is 0.00469. The first-order valence-corrected chi connectivity index (χ1v) is 6.27. The molecule has 2 N–H and O–H groups in total. The molecule has 0 aliphatic carbocycles. The van der Waals surface area contributed by atoms with Crippen LogP contribution in [0.4, 0.5) is 5.82 Å². The van der Waals surface area contributed by atoms with Crippen LogP contribution in [-0.2, 0) is 16.1 Å². The van der Waals surface area contributed by atoms with Gasteiger partial charge < -0.3 is 10.1 Å².